The summed E-state index contributed by atoms with van der Waals surface area (Å²) in [6.07, 6.45) is 1.60. The minimum atomic E-state index is -0.152. The molecule has 0 aliphatic heterocycles. The number of H-pyrrole nitrogens is 1. The zero-order valence-corrected chi connectivity index (χ0v) is 15.2. The molecule has 0 atom stereocenters. The van der Waals surface area contributed by atoms with Crippen molar-refractivity contribution in [2.75, 3.05) is 25.3 Å². The van der Waals surface area contributed by atoms with E-state index < -0.39 is 0 Å². The molecule has 0 aliphatic carbocycles. The number of para-hydroxylation sites is 1. The number of thioether (sulfide) groups is 1. The number of aromatic amines is 1. The molecule has 0 radical (unpaired) electrons. The molecule has 1 heterocycles. The van der Waals surface area contributed by atoms with Crippen LogP contribution in [0.25, 0.3) is 5.69 Å². The Labute approximate surface area is 155 Å². The highest BCUT2D eigenvalue weighted by Crippen LogP contribution is 2.29. The lowest BCUT2D eigenvalue weighted by Gasteiger charge is -2.11. The first kappa shape index (κ1) is 17.8. The maximum absolute atomic E-state index is 12.3. The maximum atomic E-state index is 12.3. The molecular formula is C18H19N4O3S+. The van der Waals surface area contributed by atoms with Gasteiger partial charge in [0.2, 0.25) is 12.2 Å². The Morgan fingerprint density at radius 2 is 2.00 bits per heavy atom. The first-order valence-corrected chi connectivity index (χ1v) is 8.85. The zero-order valence-electron chi connectivity index (χ0n) is 14.4. The number of benzene rings is 2. The van der Waals surface area contributed by atoms with Gasteiger partial charge in [-0.05, 0) is 41.0 Å². The van der Waals surface area contributed by atoms with Crippen LogP contribution in [0, 0.1) is 0 Å². The summed E-state index contributed by atoms with van der Waals surface area (Å²) in [7, 11) is 3.13. The van der Waals surface area contributed by atoms with Gasteiger partial charge in [-0.25, -0.2) is 0 Å². The highest BCUT2D eigenvalue weighted by atomic mass is 32.2. The minimum absolute atomic E-state index is 0.152. The largest absolute Gasteiger partial charge is 0.497 e. The van der Waals surface area contributed by atoms with Crippen LogP contribution in [0.4, 0.5) is 5.69 Å². The number of amides is 1. The molecule has 0 saturated carbocycles. The highest BCUT2D eigenvalue weighted by molar-refractivity contribution is 7.99. The van der Waals surface area contributed by atoms with E-state index in [9.17, 15) is 4.79 Å². The number of anilines is 1. The number of hydrogen-bond donors (Lipinski definition) is 2. The molecule has 3 rings (SSSR count). The van der Waals surface area contributed by atoms with Gasteiger partial charge in [0.1, 0.15) is 11.5 Å². The smallest absolute Gasteiger partial charge is 0.385 e. The summed E-state index contributed by atoms with van der Waals surface area (Å²) in [4.78, 5) is 16.6. The number of rotatable bonds is 7. The molecule has 26 heavy (non-hydrogen) atoms. The summed E-state index contributed by atoms with van der Waals surface area (Å²) >= 11 is 1.34. The van der Waals surface area contributed by atoms with Gasteiger partial charge < -0.3 is 14.8 Å². The fourth-order valence-corrected chi connectivity index (χ4v) is 3.08. The van der Waals surface area contributed by atoms with Gasteiger partial charge in [-0.3, -0.25) is 4.79 Å². The van der Waals surface area contributed by atoms with Crippen molar-refractivity contribution in [3.63, 3.8) is 0 Å². The molecule has 0 unspecified atom stereocenters. The Kier molecular flexibility index (Phi) is 5.75. The lowest BCUT2D eigenvalue weighted by Crippen LogP contribution is -2.35. The Bertz CT molecular complexity index is 883. The van der Waals surface area contributed by atoms with E-state index in [4.69, 9.17) is 9.47 Å². The summed E-state index contributed by atoms with van der Waals surface area (Å²) in [6.45, 7) is 0. The Morgan fingerprint density at radius 3 is 2.73 bits per heavy atom. The van der Waals surface area contributed by atoms with Crippen molar-refractivity contribution in [3.8, 4) is 17.2 Å². The monoisotopic (exact) mass is 371 g/mol. The second-order valence-corrected chi connectivity index (χ2v) is 6.19. The molecule has 0 fully saturated rings. The van der Waals surface area contributed by atoms with Crippen molar-refractivity contribution in [3.05, 3.63) is 54.9 Å². The Balaban J connectivity index is 1.65. The number of hydrogen-bond acceptors (Lipinski definition) is 5. The van der Waals surface area contributed by atoms with Crippen LogP contribution in [-0.4, -0.2) is 36.0 Å². The molecule has 7 nitrogen and oxygen atoms in total. The summed E-state index contributed by atoms with van der Waals surface area (Å²) in [5.41, 5.74) is 1.54. The first-order chi connectivity index (χ1) is 12.7. The van der Waals surface area contributed by atoms with Crippen molar-refractivity contribution in [1.82, 2.24) is 10.1 Å². The molecule has 0 saturated heterocycles. The fourth-order valence-electron chi connectivity index (χ4n) is 2.34. The van der Waals surface area contributed by atoms with E-state index in [-0.39, 0.29) is 11.7 Å². The molecule has 0 bridgehead atoms. The average molecular weight is 371 g/mol. The summed E-state index contributed by atoms with van der Waals surface area (Å²) in [6, 6.07) is 15.0. The molecular weight excluding hydrogens is 352 g/mol. The van der Waals surface area contributed by atoms with Crippen LogP contribution in [0.5, 0.6) is 11.5 Å². The Hall–Kier alpha value is -3.00. The highest BCUT2D eigenvalue weighted by Gasteiger charge is 2.19. The van der Waals surface area contributed by atoms with E-state index in [1.54, 1.807) is 38.7 Å². The standard InChI is InChI=1S/C18H18N4O3S/c1-24-14-8-9-15(16(10-14)25-2)21-17(23)11-26-18-19-12-20-22(18)13-6-4-3-5-7-13/h3-10,12H,11H2,1-2H3,(H,21,23)/p+1. The first-order valence-electron chi connectivity index (χ1n) is 7.87. The molecule has 2 N–H and O–H groups in total. The van der Waals surface area contributed by atoms with Crippen LogP contribution in [0.2, 0.25) is 0 Å². The van der Waals surface area contributed by atoms with Crippen molar-refractivity contribution < 1.29 is 19.0 Å². The SMILES string of the molecule is COc1ccc(NC(=O)CSc2nc[nH][n+]2-c2ccccc2)c(OC)c1. The second kappa shape index (κ2) is 8.39. The number of nitrogens with zero attached hydrogens (tertiary/aromatic N) is 2. The summed E-state index contributed by atoms with van der Waals surface area (Å²) < 4.78 is 12.3. The van der Waals surface area contributed by atoms with Crippen molar-refractivity contribution in [2.24, 2.45) is 0 Å². The maximum Gasteiger partial charge on any atom is 0.385 e. The quantitative estimate of drug-likeness (QED) is 0.493. The van der Waals surface area contributed by atoms with Gasteiger partial charge >= 0.3 is 5.16 Å². The molecule has 0 aliphatic rings. The van der Waals surface area contributed by atoms with E-state index >= 15 is 0 Å². The van der Waals surface area contributed by atoms with Crippen LogP contribution < -0.4 is 19.5 Å². The number of carbonyl (C=O) groups is 1. The Morgan fingerprint density at radius 1 is 1.19 bits per heavy atom. The predicted octanol–water partition coefficient (Wildman–Crippen LogP) is 2.43. The van der Waals surface area contributed by atoms with Gasteiger partial charge in [-0.2, -0.15) is 5.10 Å². The van der Waals surface area contributed by atoms with Crippen LogP contribution in [0.1, 0.15) is 0 Å². The van der Waals surface area contributed by atoms with E-state index in [2.05, 4.69) is 15.4 Å². The van der Waals surface area contributed by atoms with Crippen LogP contribution >= 0.6 is 11.8 Å². The molecule has 134 valence electrons. The molecule has 1 aromatic heterocycles. The predicted molar refractivity (Wildman–Crippen MR) is 99.0 cm³/mol. The third-order valence-electron chi connectivity index (χ3n) is 3.58. The van der Waals surface area contributed by atoms with E-state index in [0.29, 0.717) is 22.3 Å². The number of aromatic nitrogens is 3. The van der Waals surface area contributed by atoms with Crippen molar-refractivity contribution in [1.29, 1.82) is 0 Å². The van der Waals surface area contributed by atoms with Crippen LogP contribution in [0.15, 0.2) is 60.0 Å². The van der Waals surface area contributed by atoms with Gasteiger partial charge in [0.25, 0.3) is 0 Å². The van der Waals surface area contributed by atoms with Gasteiger partial charge in [0.05, 0.1) is 25.7 Å². The second-order valence-electron chi connectivity index (χ2n) is 5.24. The van der Waals surface area contributed by atoms with Crippen molar-refractivity contribution >= 4 is 23.4 Å². The van der Waals surface area contributed by atoms with Gasteiger partial charge in [-0.15, -0.1) is 4.68 Å². The van der Waals surface area contributed by atoms with E-state index in [1.165, 1.54) is 11.8 Å². The zero-order chi connectivity index (χ0) is 18.4. The number of nitrogens with one attached hydrogen (secondary N) is 2. The van der Waals surface area contributed by atoms with Crippen LogP contribution in [-0.2, 0) is 4.79 Å². The van der Waals surface area contributed by atoms with E-state index in [0.717, 1.165) is 5.69 Å². The lowest BCUT2D eigenvalue weighted by molar-refractivity contribution is -0.694. The molecule has 3 aromatic rings. The van der Waals surface area contributed by atoms with Gasteiger partial charge in [0.15, 0.2) is 5.69 Å². The number of carbonyl (C=O) groups excluding carboxylic acids is 1. The minimum Gasteiger partial charge on any atom is -0.497 e. The van der Waals surface area contributed by atoms with Gasteiger partial charge in [0, 0.05) is 6.07 Å². The topological polar surface area (TPSA) is 80.1 Å². The number of methoxy groups -OCH3 is 2. The number of ether oxygens (including phenoxy) is 2. The average Bonchev–Trinajstić information content (AvgIpc) is 3.16. The molecule has 0 spiro atoms. The lowest BCUT2D eigenvalue weighted by atomic mass is 10.2. The van der Waals surface area contributed by atoms with Gasteiger partial charge in [-0.1, -0.05) is 18.2 Å². The molecule has 2 aromatic carbocycles. The fraction of sp³-hybridized carbons (Fsp3) is 0.167. The molecule has 8 heteroatoms. The summed E-state index contributed by atoms with van der Waals surface area (Å²) in [5.74, 6) is 1.27. The third-order valence-corrected chi connectivity index (χ3v) is 4.54. The van der Waals surface area contributed by atoms with Crippen LogP contribution in [0.3, 0.4) is 0 Å². The van der Waals surface area contributed by atoms with E-state index in [1.807, 2.05) is 35.0 Å². The summed E-state index contributed by atoms with van der Waals surface area (Å²) in [5, 5.41) is 6.59. The third kappa shape index (κ3) is 4.15. The normalized spacial score (nSPS) is 10.4. The van der Waals surface area contributed by atoms with Crippen molar-refractivity contribution in [2.45, 2.75) is 5.16 Å². The molecule has 1 amide bonds.